The molecule has 0 atom stereocenters. The van der Waals surface area contributed by atoms with Crippen molar-refractivity contribution in [2.24, 2.45) is 5.92 Å². The van der Waals surface area contributed by atoms with E-state index in [2.05, 4.69) is 15.1 Å². The number of rotatable bonds is 7. The third kappa shape index (κ3) is 5.24. The first-order valence-electron chi connectivity index (χ1n) is 8.14. The molecular formula is C17H22N4O4S. The van der Waals surface area contributed by atoms with Crippen LogP contribution in [0.2, 0.25) is 0 Å². The van der Waals surface area contributed by atoms with Crippen molar-refractivity contribution in [1.29, 1.82) is 0 Å². The summed E-state index contributed by atoms with van der Waals surface area (Å²) >= 11 is 0. The average molecular weight is 378 g/mol. The average Bonchev–Trinajstić information content (AvgIpc) is 2.58. The summed E-state index contributed by atoms with van der Waals surface area (Å²) in [5.74, 6) is -0.312. The van der Waals surface area contributed by atoms with Crippen molar-refractivity contribution in [1.82, 2.24) is 14.5 Å². The Kier molecular flexibility index (Phi) is 6.27. The van der Waals surface area contributed by atoms with Crippen LogP contribution in [0.5, 0.6) is 0 Å². The molecule has 0 saturated carbocycles. The van der Waals surface area contributed by atoms with Gasteiger partial charge in [0.05, 0.1) is 17.1 Å². The van der Waals surface area contributed by atoms with E-state index in [-0.39, 0.29) is 35.4 Å². The Labute approximate surface area is 152 Å². The van der Waals surface area contributed by atoms with Crippen molar-refractivity contribution in [3.05, 3.63) is 52.4 Å². The standard InChI is InChI=1S/C17H22N4O4S/c1-12(2)17(23)19-14-5-7-15(8-6-14)26(24,25)18-10-11-21-16(22)9-4-13(3)20-21/h4-9,12,18H,10-11H2,1-3H3,(H,19,23). The molecule has 0 aliphatic rings. The van der Waals surface area contributed by atoms with Gasteiger partial charge in [-0.2, -0.15) is 5.10 Å². The molecule has 0 unspecified atom stereocenters. The van der Waals surface area contributed by atoms with Gasteiger partial charge in [0, 0.05) is 24.2 Å². The number of hydrogen-bond donors (Lipinski definition) is 2. The number of nitrogens with zero attached hydrogens (tertiary/aromatic N) is 2. The minimum absolute atomic E-state index is 0.0323. The van der Waals surface area contributed by atoms with E-state index in [1.807, 2.05) is 0 Å². The van der Waals surface area contributed by atoms with Crippen LogP contribution in [0, 0.1) is 12.8 Å². The van der Waals surface area contributed by atoms with Gasteiger partial charge in [0.25, 0.3) is 5.56 Å². The molecule has 0 bridgehead atoms. The molecule has 0 spiro atoms. The van der Waals surface area contributed by atoms with Crippen molar-refractivity contribution in [3.8, 4) is 0 Å². The van der Waals surface area contributed by atoms with Crippen molar-refractivity contribution in [2.75, 3.05) is 11.9 Å². The Morgan fingerprint density at radius 3 is 2.42 bits per heavy atom. The maximum absolute atomic E-state index is 12.3. The fraction of sp³-hybridized carbons (Fsp3) is 0.353. The maximum Gasteiger partial charge on any atom is 0.266 e. The Hall–Kier alpha value is -2.52. The molecule has 2 aromatic rings. The van der Waals surface area contributed by atoms with Gasteiger partial charge in [0.2, 0.25) is 15.9 Å². The van der Waals surface area contributed by atoms with Gasteiger partial charge in [-0.15, -0.1) is 0 Å². The van der Waals surface area contributed by atoms with Crippen LogP contribution in [-0.2, 0) is 21.4 Å². The Bertz CT molecular complexity index is 934. The van der Waals surface area contributed by atoms with Crippen LogP contribution in [0.1, 0.15) is 19.5 Å². The fourth-order valence-electron chi connectivity index (χ4n) is 2.08. The van der Waals surface area contributed by atoms with Crippen LogP contribution in [0.3, 0.4) is 0 Å². The number of carbonyl (C=O) groups is 1. The molecule has 1 aromatic heterocycles. The van der Waals surface area contributed by atoms with E-state index < -0.39 is 10.0 Å². The zero-order chi connectivity index (χ0) is 19.3. The predicted molar refractivity (Wildman–Crippen MR) is 98.3 cm³/mol. The third-order valence-electron chi connectivity index (χ3n) is 3.57. The normalized spacial score (nSPS) is 11.5. The van der Waals surface area contributed by atoms with Gasteiger partial charge in [-0.3, -0.25) is 9.59 Å². The van der Waals surface area contributed by atoms with Gasteiger partial charge in [-0.05, 0) is 37.3 Å². The summed E-state index contributed by atoms with van der Waals surface area (Å²) in [5, 5.41) is 6.74. The number of amides is 1. The topological polar surface area (TPSA) is 110 Å². The highest BCUT2D eigenvalue weighted by molar-refractivity contribution is 7.89. The van der Waals surface area contributed by atoms with E-state index in [0.717, 1.165) is 0 Å². The van der Waals surface area contributed by atoms with Crippen molar-refractivity contribution >= 4 is 21.6 Å². The monoisotopic (exact) mass is 378 g/mol. The molecule has 0 radical (unpaired) electrons. The number of carbonyl (C=O) groups excluding carboxylic acids is 1. The second kappa shape index (κ2) is 8.24. The molecule has 0 aliphatic heterocycles. The summed E-state index contributed by atoms with van der Waals surface area (Å²) in [5.41, 5.74) is 0.907. The van der Waals surface area contributed by atoms with E-state index >= 15 is 0 Å². The first-order valence-corrected chi connectivity index (χ1v) is 9.63. The van der Waals surface area contributed by atoms with Gasteiger partial charge in [0.1, 0.15) is 0 Å². The zero-order valence-electron chi connectivity index (χ0n) is 14.9. The number of anilines is 1. The minimum Gasteiger partial charge on any atom is -0.326 e. The largest absolute Gasteiger partial charge is 0.326 e. The molecule has 1 aromatic carbocycles. The van der Waals surface area contributed by atoms with Gasteiger partial charge >= 0.3 is 0 Å². The number of nitrogens with one attached hydrogen (secondary N) is 2. The summed E-state index contributed by atoms with van der Waals surface area (Å²) in [6.45, 7) is 5.45. The number of aromatic nitrogens is 2. The van der Waals surface area contributed by atoms with Gasteiger partial charge in [-0.25, -0.2) is 17.8 Å². The van der Waals surface area contributed by atoms with Crippen LogP contribution in [-0.4, -0.2) is 30.7 Å². The van der Waals surface area contributed by atoms with Crippen LogP contribution in [0.25, 0.3) is 0 Å². The van der Waals surface area contributed by atoms with Crippen LogP contribution < -0.4 is 15.6 Å². The molecular weight excluding hydrogens is 356 g/mol. The van der Waals surface area contributed by atoms with E-state index in [9.17, 15) is 18.0 Å². The molecule has 8 nitrogen and oxygen atoms in total. The van der Waals surface area contributed by atoms with Crippen molar-refractivity contribution in [3.63, 3.8) is 0 Å². The SMILES string of the molecule is Cc1ccc(=O)n(CCNS(=O)(=O)c2ccc(NC(=O)C(C)C)cc2)n1. The molecule has 140 valence electrons. The van der Waals surface area contributed by atoms with E-state index in [1.54, 1.807) is 26.8 Å². The summed E-state index contributed by atoms with van der Waals surface area (Å²) in [7, 11) is -3.72. The van der Waals surface area contributed by atoms with Crippen molar-refractivity contribution < 1.29 is 13.2 Å². The quantitative estimate of drug-likeness (QED) is 0.750. The summed E-state index contributed by atoms with van der Waals surface area (Å²) in [6, 6.07) is 8.87. The highest BCUT2D eigenvalue weighted by atomic mass is 32.2. The van der Waals surface area contributed by atoms with Crippen LogP contribution >= 0.6 is 0 Å². The second-order valence-corrected chi connectivity index (χ2v) is 7.87. The summed E-state index contributed by atoms with van der Waals surface area (Å²) in [4.78, 5) is 23.4. The lowest BCUT2D eigenvalue weighted by atomic mass is 10.2. The van der Waals surface area contributed by atoms with Gasteiger partial charge in [0.15, 0.2) is 0 Å². The lowest BCUT2D eigenvalue weighted by Gasteiger charge is -2.10. The molecule has 2 N–H and O–H groups in total. The molecule has 1 heterocycles. The lowest BCUT2D eigenvalue weighted by Crippen LogP contribution is -2.32. The summed E-state index contributed by atoms with van der Waals surface area (Å²) in [6.07, 6.45) is 0. The Morgan fingerprint density at radius 1 is 1.15 bits per heavy atom. The first kappa shape index (κ1) is 19.8. The zero-order valence-corrected chi connectivity index (χ0v) is 15.7. The molecule has 1 amide bonds. The van der Waals surface area contributed by atoms with E-state index in [0.29, 0.717) is 11.4 Å². The second-order valence-electron chi connectivity index (χ2n) is 6.10. The molecule has 2 rings (SSSR count). The first-order chi connectivity index (χ1) is 12.2. The van der Waals surface area contributed by atoms with E-state index in [4.69, 9.17) is 0 Å². The molecule has 9 heteroatoms. The smallest absolute Gasteiger partial charge is 0.266 e. The van der Waals surface area contributed by atoms with Crippen LogP contribution in [0.15, 0.2) is 46.1 Å². The maximum atomic E-state index is 12.3. The lowest BCUT2D eigenvalue weighted by molar-refractivity contribution is -0.118. The third-order valence-corrected chi connectivity index (χ3v) is 5.05. The van der Waals surface area contributed by atoms with E-state index in [1.165, 1.54) is 35.0 Å². The molecule has 0 saturated heterocycles. The molecule has 0 aliphatic carbocycles. The van der Waals surface area contributed by atoms with Gasteiger partial charge in [-0.1, -0.05) is 13.8 Å². The highest BCUT2D eigenvalue weighted by Gasteiger charge is 2.14. The molecule has 26 heavy (non-hydrogen) atoms. The number of hydrogen-bond acceptors (Lipinski definition) is 5. The number of aryl methyl sites for hydroxylation is 1. The minimum atomic E-state index is -3.72. The predicted octanol–water partition coefficient (Wildman–Crippen LogP) is 1.12. The molecule has 0 fully saturated rings. The van der Waals surface area contributed by atoms with Crippen molar-refractivity contribution in [2.45, 2.75) is 32.2 Å². The fourth-order valence-corrected chi connectivity index (χ4v) is 3.11. The summed E-state index contributed by atoms with van der Waals surface area (Å²) < 4.78 is 28.3. The number of sulfonamides is 1. The van der Waals surface area contributed by atoms with Gasteiger partial charge < -0.3 is 5.32 Å². The Balaban J connectivity index is 2.00. The number of benzene rings is 1. The van der Waals surface area contributed by atoms with Crippen LogP contribution in [0.4, 0.5) is 5.69 Å². The Morgan fingerprint density at radius 2 is 1.81 bits per heavy atom. The highest BCUT2D eigenvalue weighted by Crippen LogP contribution is 2.14.